The molecule has 0 atom stereocenters. The Labute approximate surface area is 104 Å². The van der Waals surface area contributed by atoms with Gasteiger partial charge in [0.05, 0.1) is 18.3 Å². The Morgan fingerprint density at radius 2 is 2.29 bits per heavy atom. The second-order valence-corrected chi connectivity index (χ2v) is 4.24. The van der Waals surface area contributed by atoms with Crippen LogP contribution in [0.1, 0.15) is 5.69 Å². The van der Waals surface area contributed by atoms with E-state index in [1.807, 2.05) is 0 Å². The lowest BCUT2D eigenvalue weighted by atomic mass is 10.3. The number of rotatable bonds is 3. The van der Waals surface area contributed by atoms with Crippen molar-refractivity contribution < 1.29 is 14.3 Å². The Morgan fingerprint density at radius 3 is 2.94 bits per heavy atom. The Kier molecular flexibility index (Phi) is 3.19. The zero-order chi connectivity index (χ0) is 12.4. The van der Waals surface area contributed by atoms with Crippen LogP contribution in [0.25, 0.3) is 5.69 Å². The van der Waals surface area contributed by atoms with E-state index in [1.54, 1.807) is 6.07 Å². The van der Waals surface area contributed by atoms with Crippen molar-refractivity contribution in [2.75, 3.05) is 0 Å². The van der Waals surface area contributed by atoms with E-state index in [1.165, 1.54) is 23.0 Å². The van der Waals surface area contributed by atoms with Gasteiger partial charge < -0.3 is 5.11 Å². The Hall–Kier alpha value is -1.76. The number of carboxylic acids is 1. The van der Waals surface area contributed by atoms with Crippen molar-refractivity contribution in [1.82, 2.24) is 15.0 Å². The molecule has 2 aromatic rings. The molecule has 5 nitrogen and oxygen atoms in total. The third-order valence-electron chi connectivity index (χ3n) is 2.03. The fourth-order valence-corrected chi connectivity index (χ4v) is 1.65. The minimum Gasteiger partial charge on any atom is -0.481 e. The SMILES string of the molecule is O=C(O)Cc1cn(-c2ccc(Br)cc2F)nn1. The van der Waals surface area contributed by atoms with E-state index < -0.39 is 11.8 Å². The summed E-state index contributed by atoms with van der Waals surface area (Å²) in [6.07, 6.45) is 1.15. The van der Waals surface area contributed by atoms with Gasteiger partial charge in [-0.15, -0.1) is 5.10 Å². The average molecular weight is 300 g/mol. The maximum absolute atomic E-state index is 13.6. The highest BCUT2D eigenvalue weighted by atomic mass is 79.9. The van der Waals surface area contributed by atoms with Gasteiger partial charge in [-0.05, 0) is 18.2 Å². The number of halogens is 2. The van der Waals surface area contributed by atoms with Crippen molar-refractivity contribution in [1.29, 1.82) is 0 Å². The molecule has 0 unspecified atom stereocenters. The number of carboxylic acid groups (broad SMARTS) is 1. The second-order valence-electron chi connectivity index (χ2n) is 3.32. The molecule has 0 fully saturated rings. The molecule has 1 aromatic carbocycles. The van der Waals surface area contributed by atoms with E-state index in [0.29, 0.717) is 4.47 Å². The molecule has 0 aliphatic heterocycles. The van der Waals surface area contributed by atoms with Crippen LogP contribution in [0.3, 0.4) is 0 Å². The maximum Gasteiger partial charge on any atom is 0.309 e. The van der Waals surface area contributed by atoms with Gasteiger partial charge in [-0.25, -0.2) is 9.07 Å². The summed E-state index contributed by atoms with van der Waals surface area (Å²) in [5, 5.41) is 15.9. The second kappa shape index (κ2) is 4.62. The van der Waals surface area contributed by atoms with E-state index in [9.17, 15) is 9.18 Å². The summed E-state index contributed by atoms with van der Waals surface area (Å²) in [6.45, 7) is 0. The Bertz CT molecular complexity index is 570. The van der Waals surface area contributed by atoms with Crippen molar-refractivity contribution in [2.45, 2.75) is 6.42 Å². The summed E-state index contributed by atoms with van der Waals surface area (Å²) in [6, 6.07) is 4.49. The van der Waals surface area contributed by atoms with E-state index in [-0.39, 0.29) is 17.8 Å². The number of nitrogens with zero attached hydrogens (tertiary/aromatic N) is 3. The lowest BCUT2D eigenvalue weighted by molar-refractivity contribution is -0.136. The first-order valence-electron chi connectivity index (χ1n) is 4.64. The first-order valence-corrected chi connectivity index (χ1v) is 5.44. The number of hydrogen-bond acceptors (Lipinski definition) is 3. The van der Waals surface area contributed by atoms with Crippen LogP contribution < -0.4 is 0 Å². The van der Waals surface area contributed by atoms with Crippen molar-refractivity contribution in [3.05, 3.63) is 40.4 Å². The zero-order valence-electron chi connectivity index (χ0n) is 8.47. The molecule has 0 radical (unpaired) electrons. The van der Waals surface area contributed by atoms with E-state index in [4.69, 9.17) is 5.11 Å². The molecular formula is C10H7BrFN3O2. The molecule has 0 spiro atoms. The fourth-order valence-electron chi connectivity index (χ4n) is 1.32. The van der Waals surface area contributed by atoms with Gasteiger partial charge >= 0.3 is 5.97 Å². The summed E-state index contributed by atoms with van der Waals surface area (Å²) in [7, 11) is 0. The van der Waals surface area contributed by atoms with Crippen LogP contribution in [0.2, 0.25) is 0 Å². The fraction of sp³-hybridized carbons (Fsp3) is 0.100. The van der Waals surface area contributed by atoms with Crippen LogP contribution in [0.4, 0.5) is 4.39 Å². The van der Waals surface area contributed by atoms with Gasteiger partial charge in [0.2, 0.25) is 0 Å². The summed E-state index contributed by atoms with van der Waals surface area (Å²) < 4.78 is 15.4. The minimum atomic E-state index is -1.01. The largest absolute Gasteiger partial charge is 0.481 e. The number of aliphatic carboxylic acids is 1. The molecule has 17 heavy (non-hydrogen) atoms. The molecule has 0 saturated carbocycles. The Balaban J connectivity index is 2.33. The average Bonchev–Trinajstić information content (AvgIpc) is 2.65. The molecule has 0 aliphatic rings. The normalized spacial score (nSPS) is 10.5. The van der Waals surface area contributed by atoms with Gasteiger partial charge in [0, 0.05) is 4.47 Å². The highest BCUT2D eigenvalue weighted by molar-refractivity contribution is 9.10. The van der Waals surface area contributed by atoms with Crippen molar-refractivity contribution in [2.24, 2.45) is 0 Å². The van der Waals surface area contributed by atoms with Crippen LogP contribution in [-0.4, -0.2) is 26.1 Å². The van der Waals surface area contributed by atoms with Crippen LogP contribution in [0.5, 0.6) is 0 Å². The number of benzene rings is 1. The van der Waals surface area contributed by atoms with Crippen LogP contribution in [0, 0.1) is 5.82 Å². The molecule has 0 amide bonds. The number of aromatic nitrogens is 3. The van der Waals surface area contributed by atoms with Gasteiger partial charge in [0.25, 0.3) is 0 Å². The zero-order valence-corrected chi connectivity index (χ0v) is 10.1. The van der Waals surface area contributed by atoms with E-state index in [0.717, 1.165) is 0 Å². The van der Waals surface area contributed by atoms with Gasteiger partial charge in [-0.1, -0.05) is 21.1 Å². The monoisotopic (exact) mass is 299 g/mol. The summed E-state index contributed by atoms with van der Waals surface area (Å²) in [5.41, 5.74) is 0.497. The molecule has 2 rings (SSSR count). The predicted molar refractivity (Wildman–Crippen MR) is 60.4 cm³/mol. The lowest BCUT2D eigenvalue weighted by Gasteiger charge is -2.01. The predicted octanol–water partition coefficient (Wildman–Crippen LogP) is 1.80. The van der Waals surface area contributed by atoms with Crippen molar-refractivity contribution in [3.63, 3.8) is 0 Å². The molecular weight excluding hydrogens is 293 g/mol. The van der Waals surface area contributed by atoms with Gasteiger partial charge in [0.1, 0.15) is 11.5 Å². The molecule has 0 aliphatic carbocycles. The first kappa shape index (κ1) is 11.7. The third-order valence-corrected chi connectivity index (χ3v) is 2.52. The topological polar surface area (TPSA) is 68.0 Å². The minimum absolute atomic E-state index is 0.220. The van der Waals surface area contributed by atoms with Gasteiger partial charge in [-0.2, -0.15) is 0 Å². The van der Waals surface area contributed by atoms with Crippen LogP contribution in [-0.2, 0) is 11.2 Å². The van der Waals surface area contributed by atoms with Crippen LogP contribution in [0.15, 0.2) is 28.9 Å². The highest BCUT2D eigenvalue weighted by Gasteiger charge is 2.10. The summed E-state index contributed by atoms with van der Waals surface area (Å²) in [5.74, 6) is -1.47. The van der Waals surface area contributed by atoms with E-state index in [2.05, 4.69) is 26.2 Å². The van der Waals surface area contributed by atoms with Crippen molar-refractivity contribution >= 4 is 21.9 Å². The van der Waals surface area contributed by atoms with E-state index >= 15 is 0 Å². The van der Waals surface area contributed by atoms with Crippen molar-refractivity contribution in [3.8, 4) is 5.69 Å². The first-order chi connectivity index (χ1) is 8.06. The molecule has 0 saturated heterocycles. The quantitative estimate of drug-likeness (QED) is 0.938. The summed E-state index contributed by atoms with van der Waals surface area (Å²) in [4.78, 5) is 10.5. The standard InChI is InChI=1S/C10H7BrFN3O2/c11-6-1-2-9(8(12)3-6)15-5-7(13-14-15)4-10(16)17/h1-3,5H,4H2,(H,16,17). The summed E-state index contributed by atoms with van der Waals surface area (Å²) >= 11 is 3.14. The smallest absolute Gasteiger partial charge is 0.309 e. The third kappa shape index (κ3) is 2.68. The highest BCUT2D eigenvalue weighted by Crippen LogP contribution is 2.18. The molecule has 1 heterocycles. The number of hydrogen-bond donors (Lipinski definition) is 1. The molecule has 1 N–H and O–H groups in total. The maximum atomic E-state index is 13.6. The van der Waals surface area contributed by atoms with Gasteiger partial charge in [0.15, 0.2) is 0 Å². The van der Waals surface area contributed by atoms with Gasteiger partial charge in [-0.3, -0.25) is 4.79 Å². The van der Waals surface area contributed by atoms with Crippen LogP contribution >= 0.6 is 15.9 Å². The molecule has 7 heteroatoms. The number of carbonyl (C=O) groups is 1. The molecule has 0 bridgehead atoms. The molecule has 1 aromatic heterocycles. The lowest BCUT2D eigenvalue weighted by Crippen LogP contribution is -2.00. The Morgan fingerprint density at radius 1 is 1.53 bits per heavy atom. The molecule has 88 valence electrons.